The van der Waals surface area contributed by atoms with Crippen LogP contribution in [-0.4, -0.2) is 21.1 Å². The van der Waals surface area contributed by atoms with Crippen molar-refractivity contribution >= 4 is 22.8 Å². The second kappa shape index (κ2) is 7.46. The van der Waals surface area contributed by atoms with E-state index in [0.717, 1.165) is 16.6 Å². The molecule has 0 fully saturated rings. The third kappa shape index (κ3) is 4.22. The summed E-state index contributed by atoms with van der Waals surface area (Å²) < 4.78 is 1.74. The molecule has 0 radical (unpaired) electrons. The van der Waals surface area contributed by atoms with Gasteiger partial charge in [-0.2, -0.15) is 0 Å². The minimum Gasteiger partial charge on any atom is -0.333 e. The van der Waals surface area contributed by atoms with E-state index < -0.39 is 0 Å². The summed E-state index contributed by atoms with van der Waals surface area (Å²) >= 11 is 0. The van der Waals surface area contributed by atoms with E-state index in [1.54, 1.807) is 10.6 Å². The van der Waals surface area contributed by atoms with E-state index in [9.17, 15) is 9.59 Å². The minimum atomic E-state index is -0.335. The van der Waals surface area contributed by atoms with Crippen LogP contribution in [0.4, 0.5) is 10.5 Å². The summed E-state index contributed by atoms with van der Waals surface area (Å²) in [4.78, 5) is 29.1. The number of carbonyl (C=O) groups excluding carboxylic acids is 1. The van der Waals surface area contributed by atoms with E-state index >= 15 is 0 Å². The number of carbonyl (C=O) groups is 1. The molecule has 1 heterocycles. The van der Waals surface area contributed by atoms with Crippen LogP contribution in [0.3, 0.4) is 0 Å². The number of aryl methyl sites for hydroxylation is 1. The monoisotopic (exact) mass is 378 g/mol. The van der Waals surface area contributed by atoms with Crippen molar-refractivity contribution in [2.24, 2.45) is 0 Å². The zero-order valence-corrected chi connectivity index (χ0v) is 16.9. The molecule has 0 aliphatic heterocycles. The van der Waals surface area contributed by atoms with Crippen molar-refractivity contribution in [3.8, 4) is 0 Å². The van der Waals surface area contributed by atoms with E-state index in [1.165, 1.54) is 6.20 Å². The zero-order valence-electron chi connectivity index (χ0n) is 16.9. The van der Waals surface area contributed by atoms with Crippen molar-refractivity contribution in [2.45, 2.75) is 46.2 Å². The molecule has 0 unspecified atom stereocenters. The van der Waals surface area contributed by atoms with E-state index in [2.05, 4.69) is 15.6 Å². The number of hydrogen-bond donors (Lipinski definition) is 2. The average Bonchev–Trinajstić information content (AvgIpc) is 2.61. The summed E-state index contributed by atoms with van der Waals surface area (Å²) in [7, 11) is 0. The molecule has 0 aliphatic rings. The molecule has 1 atom stereocenters. The summed E-state index contributed by atoms with van der Waals surface area (Å²) in [5.74, 6) is 0. The van der Waals surface area contributed by atoms with Crippen molar-refractivity contribution < 1.29 is 4.79 Å². The summed E-state index contributed by atoms with van der Waals surface area (Å²) in [6, 6.07) is 13.2. The molecule has 2 amide bonds. The maximum Gasteiger partial charge on any atom is 0.319 e. The third-order valence-electron chi connectivity index (χ3n) is 4.54. The summed E-state index contributed by atoms with van der Waals surface area (Å²) in [5.41, 5.74) is 3.47. The van der Waals surface area contributed by atoms with Crippen molar-refractivity contribution in [3.63, 3.8) is 0 Å². The zero-order chi connectivity index (χ0) is 20.5. The van der Waals surface area contributed by atoms with Gasteiger partial charge in [-0.25, -0.2) is 9.78 Å². The second-order valence-corrected chi connectivity index (χ2v) is 8.04. The number of fused-ring (bicyclic) bond motifs is 1. The predicted molar refractivity (Wildman–Crippen MR) is 113 cm³/mol. The van der Waals surface area contributed by atoms with Crippen LogP contribution >= 0.6 is 0 Å². The molecule has 3 aromatic rings. The first-order valence-corrected chi connectivity index (χ1v) is 9.32. The second-order valence-electron chi connectivity index (χ2n) is 8.04. The van der Waals surface area contributed by atoms with Crippen LogP contribution in [0.5, 0.6) is 0 Å². The van der Waals surface area contributed by atoms with Crippen LogP contribution in [0.25, 0.3) is 11.0 Å². The lowest BCUT2D eigenvalue weighted by Gasteiger charge is -2.22. The van der Waals surface area contributed by atoms with Gasteiger partial charge in [-0.1, -0.05) is 30.3 Å². The van der Waals surface area contributed by atoms with Crippen molar-refractivity contribution in [1.82, 2.24) is 14.9 Å². The van der Waals surface area contributed by atoms with Gasteiger partial charge >= 0.3 is 6.03 Å². The highest BCUT2D eigenvalue weighted by Gasteiger charge is 2.17. The van der Waals surface area contributed by atoms with E-state index in [1.807, 2.05) is 71.0 Å². The fourth-order valence-corrected chi connectivity index (χ4v) is 3.19. The molecular weight excluding hydrogens is 352 g/mol. The summed E-state index contributed by atoms with van der Waals surface area (Å²) in [5, 5.41) is 5.75. The smallest absolute Gasteiger partial charge is 0.319 e. The largest absolute Gasteiger partial charge is 0.333 e. The van der Waals surface area contributed by atoms with Gasteiger partial charge in [-0.3, -0.25) is 9.36 Å². The van der Waals surface area contributed by atoms with Crippen molar-refractivity contribution in [2.75, 3.05) is 5.32 Å². The van der Waals surface area contributed by atoms with Gasteiger partial charge in [0.2, 0.25) is 0 Å². The first kappa shape index (κ1) is 19.6. The first-order valence-electron chi connectivity index (χ1n) is 9.32. The van der Waals surface area contributed by atoms with Crippen molar-refractivity contribution in [1.29, 1.82) is 0 Å². The SMILES string of the molecule is Cc1cc2c(cc1NC(=O)NC(C)(C)C)ncc(=O)n2[C@@H](C)c1ccccc1. The van der Waals surface area contributed by atoms with Crippen LogP contribution in [-0.2, 0) is 0 Å². The molecule has 0 saturated heterocycles. The Morgan fingerprint density at radius 3 is 2.46 bits per heavy atom. The van der Waals surface area contributed by atoms with Gasteiger partial charge in [0.1, 0.15) is 0 Å². The number of anilines is 1. The normalized spacial score (nSPS) is 12.6. The first-order chi connectivity index (χ1) is 13.2. The Balaban J connectivity index is 2.04. The molecule has 28 heavy (non-hydrogen) atoms. The highest BCUT2D eigenvalue weighted by Crippen LogP contribution is 2.25. The standard InChI is InChI=1S/C22H26N4O2/c1-14-11-19-18(12-17(14)24-21(28)25-22(3,4)5)23-13-20(27)26(19)15(2)16-9-7-6-8-10-16/h6-13,15H,1-5H3,(H2,24,25,28)/t15-/m0/s1. The highest BCUT2D eigenvalue weighted by atomic mass is 16.2. The van der Waals surface area contributed by atoms with Crippen LogP contribution < -0.4 is 16.2 Å². The molecule has 6 heteroatoms. The summed E-state index contributed by atoms with van der Waals surface area (Å²) in [6.07, 6.45) is 1.33. The molecule has 0 bridgehead atoms. The molecule has 0 saturated carbocycles. The van der Waals surface area contributed by atoms with E-state index in [4.69, 9.17) is 0 Å². The van der Waals surface area contributed by atoms with Gasteiger partial charge < -0.3 is 10.6 Å². The number of amides is 2. The number of hydrogen-bond acceptors (Lipinski definition) is 3. The molecule has 0 spiro atoms. The molecule has 1 aromatic heterocycles. The Labute approximate surface area is 164 Å². The quantitative estimate of drug-likeness (QED) is 0.716. The molecule has 6 nitrogen and oxygen atoms in total. The number of rotatable bonds is 3. The van der Waals surface area contributed by atoms with Gasteiger partial charge in [0.25, 0.3) is 5.56 Å². The molecular formula is C22H26N4O2. The van der Waals surface area contributed by atoms with E-state index in [-0.39, 0.29) is 23.2 Å². The molecule has 3 rings (SSSR count). The molecule has 0 aliphatic carbocycles. The average molecular weight is 378 g/mol. The fraction of sp³-hybridized carbons (Fsp3) is 0.318. The van der Waals surface area contributed by atoms with Gasteiger partial charge in [-0.15, -0.1) is 0 Å². The molecule has 146 valence electrons. The maximum absolute atomic E-state index is 12.6. The van der Waals surface area contributed by atoms with Gasteiger partial charge in [0.05, 0.1) is 23.3 Å². The summed E-state index contributed by atoms with van der Waals surface area (Å²) in [6.45, 7) is 9.66. The lowest BCUT2D eigenvalue weighted by Crippen LogP contribution is -2.43. The number of urea groups is 1. The number of benzene rings is 2. The Morgan fingerprint density at radius 1 is 1.14 bits per heavy atom. The molecule has 2 aromatic carbocycles. The number of nitrogens with one attached hydrogen (secondary N) is 2. The Bertz CT molecular complexity index is 1070. The van der Waals surface area contributed by atoms with Crippen LogP contribution in [0.1, 0.15) is 44.9 Å². The number of aromatic nitrogens is 2. The Hall–Kier alpha value is -3.15. The minimum absolute atomic E-state index is 0.137. The fourth-order valence-electron chi connectivity index (χ4n) is 3.19. The predicted octanol–water partition coefficient (Wildman–Crippen LogP) is 4.23. The van der Waals surface area contributed by atoms with Crippen LogP contribution in [0.15, 0.2) is 53.5 Å². The topological polar surface area (TPSA) is 76.0 Å². The maximum atomic E-state index is 12.6. The number of nitrogens with zero attached hydrogens (tertiary/aromatic N) is 2. The van der Waals surface area contributed by atoms with Gasteiger partial charge in [0, 0.05) is 11.2 Å². The molecule has 2 N–H and O–H groups in total. The van der Waals surface area contributed by atoms with Crippen molar-refractivity contribution in [3.05, 3.63) is 70.1 Å². The van der Waals surface area contributed by atoms with Crippen LogP contribution in [0, 0.1) is 6.92 Å². The Kier molecular flexibility index (Phi) is 5.23. The third-order valence-corrected chi connectivity index (χ3v) is 4.54. The lowest BCUT2D eigenvalue weighted by atomic mass is 10.1. The van der Waals surface area contributed by atoms with Gasteiger partial charge in [0.15, 0.2) is 0 Å². The van der Waals surface area contributed by atoms with E-state index in [0.29, 0.717) is 11.2 Å². The Morgan fingerprint density at radius 2 is 1.82 bits per heavy atom. The highest BCUT2D eigenvalue weighted by molar-refractivity contribution is 5.93. The lowest BCUT2D eigenvalue weighted by molar-refractivity contribution is 0.244. The van der Waals surface area contributed by atoms with Crippen LogP contribution in [0.2, 0.25) is 0 Å². The van der Waals surface area contributed by atoms with Gasteiger partial charge in [-0.05, 0) is 57.9 Å².